The van der Waals surface area contributed by atoms with Gasteiger partial charge in [0.05, 0.1) is 16.4 Å². The van der Waals surface area contributed by atoms with Crippen LogP contribution in [0.15, 0.2) is 72.5 Å². The minimum Gasteiger partial charge on any atom is -0.354 e. The van der Waals surface area contributed by atoms with Crippen molar-refractivity contribution in [1.29, 1.82) is 0 Å². The molecular weight excluding hydrogens is 230 g/mol. The first-order chi connectivity index (χ1) is 14.4. The zero-order valence-corrected chi connectivity index (χ0v) is 9.50. The largest absolute Gasteiger partial charge is 0.354 e. The van der Waals surface area contributed by atoms with E-state index in [-0.39, 0.29) is 32.9 Å². The zero-order valence-electron chi connectivity index (χ0n) is 21.5. The Morgan fingerprint density at radius 1 is 0.684 bits per heavy atom. The second-order valence-corrected chi connectivity index (χ2v) is 3.88. The van der Waals surface area contributed by atoms with Crippen molar-refractivity contribution in [1.82, 2.24) is 4.98 Å². The van der Waals surface area contributed by atoms with E-state index in [9.17, 15) is 0 Å². The molecule has 90 valence electrons. The van der Waals surface area contributed by atoms with Crippen LogP contribution in [0.2, 0.25) is 0 Å². The summed E-state index contributed by atoms with van der Waals surface area (Å²) in [6.07, 6.45) is 0. The number of rotatable bonds is 1. The normalized spacial score (nSPS) is 20.0. The molecule has 1 aromatic heterocycles. The molecule has 0 saturated carbocycles. The second kappa shape index (κ2) is 3.99. The Balaban J connectivity index is 2.40. The van der Waals surface area contributed by atoms with Gasteiger partial charge in [0.15, 0.2) is 0 Å². The van der Waals surface area contributed by atoms with Crippen LogP contribution in [0, 0.1) is 0 Å². The number of para-hydroxylation sites is 1. The van der Waals surface area contributed by atoms with Crippen molar-refractivity contribution in [3.05, 3.63) is 72.5 Å². The lowest BCUT2D eigenvalue weighted by Crippen LogP contribution is -1.78. The van der Waals surface area contributed by atoms with Crippen molar-refractivity contribution in [2.45, 2.75) is 0 Å². The molecule has 0 unspecified atom stereocenters. The van der Waals surface area contributed by atoms with Gasteiger partial charge in [-0.2, -0.15) is 0 Å². The Morgan fingerprint density at radius 3 is 2.32 bits per heavy atom. The maximum Gasteiger partial charge on any atom is 0.0645 e. The van der Waals surface area contributed by atoms with Crippen LogP contribution in [-0.2, 0) is 0 Å². The number of hydrogen-bond donors (Lipinski definition) is 1. The van der Waals surface area contributed by atoms with E-state index in [4.69, 9.17) is 16.4 Å². The third-order valence-corrected chi connectivity index (χ3v) is 2.81. The van der Waals surface area contributed by atoms with Gasteiger partial charge in [0.25, 0.3) is 0 Å². The van der Waals surface area contributed by atoms with Crippen LogP contribution in [0.4, 0.5) is 0 Å². The molecule has 0 spiro atoms. The fraction of sp³-hybridized carbons (Fsp3) is 0. The lowest BCUT2D eigenvalue weighted by Gasteiger charge is -2.04. The molecule has 0 aliphatic heterocycles. The molecule has 1 heterocycles. The topological polar surface area (TPSA) is 15.8 Å². The maximum absolute atomic E-state index is 8.43. The first kappa shape index (κ1) is 3.97. The van der Waals surface area contributed by atoms with E-state index in [1.54, 1.807) is 0 Å². The van der Waals surface area contributed by atoms with Crippen LogP contribution in [0.1, 0.15) is 16.4 Å². The Bertz CT molecular complexity index is 1420. The van der Waals surface area contributed by atoms with E-state index in [0.717, 1.165) is 0 Å². The minimum absolute atomic E-state index is 0.0619. The van der Waals surface area contributed by atoms with Gasteiger partial charge in [0.2, 0.25) is 0 Å². The lowest BCUT2D eigenvalue weighted by atomic mass is 10.00. The lowest BCUT2D eigenvalue weighted by molar-refractivity contribution is 1.54. The standard InChI is InChI=1S/C18H13N/c1-2-7-13(8-3-1)14-10-6-12-17-18(14)15-9-4-5-11-16(15)19-17/h1-12,19H/i1D,2D,3D,4D,5D,6D,7D,8D,9D,10D,11D,12D. The SMILES string of the molecule is [2H]c1c([2H])c([2H])c(-c2c([2H])c([2H])c([2H])c3[nH]c4c([2H])c([2H])c([2H])c([2H])c4c23)c([2H])c1[2H]. The summed E-state index contributed by atoms with van der Waals surface area (Å²) in [5.74, 6) is 0. The molecule has 3 aromatic carbocycles. The fourth-order valence-electron chi connectivity index (χ4n) is 2.03. The molecule has 1 nitrogen and oxygen atoms in total. The third kappa shape index (κ3) is 1.55. The molecule has 0 amide bonds. The van der Waals surface area contributed by atoms with E-state index in [1.807, 2.05) is 0 Å². The van der Waals surface area contributed by atoms with E-state index >= 15 is 0 Å². The summed E-state index contributed by atoms with van der Waals surface area (Å²) in [4.78, 5) is 2.73. The zero-order chi connectivity index (χ0) is 23.1. The number of fused-ring (bicyclic) bond motifs is 3. The summed E-state index contributed by atoms with van der Waals surface area (Å²) in [6.45, 7) is 0. The second-order valence-electron chi connectivity index (χ2n) is 3.88. The first-order valence-corrected chi connectivity index (χ1v) is 5.50. The molecule has 0 radical (unpaired) electrons. The van der Waals surface area contributed by atoms with Crippen molar-refractivity contribution in [3.63, 3.8) is 0 Å². The van der Waals surface area contributed by atoms with E-state index in [2.05, 4.69) is 4.98 Å². The summed E-state index contributed by atoms with van der Waals surface area (Å²) >= 11 is 0. The third-order valence-electron chi connectivity index (χ3n) is 2.81. The molecule has 0 aliphatic carbocycles. The van der Waals surface area contributed by atoms with Gasteiger partial charge in [0, 0.05) is 21.8 Å². The molecule has 1 N–H and O–H groups in total. The Kier molecular flexibility index (Phi) is 0.835. The summed E-state index contributed by atoms with van der Waals surface area (Å²) in [7, 11) is 0. The maximum atomic E-state index is 8.43. The van der Waals surface area contributed by atoms with Crippen LogP contribution in [0.25, 0.3) is 32.9 Å². The minimum atomic E-state index is -0.647. The summed E-state index contributed by atoms with van der Waals surface area (Å²) in [6, 6.07) is -6.71. The first-order valence-electron chi connectivity index (χ1n) is 11.5. The molecule has 0 aliphatic rings. The number of aromatic nitrogens is 1. The number of benzene rings is 3. The quantitative estimate of drug-likeness (QED) is 0.493. The predicted octanol–water partition coefficient (Wildman–Crippen LogP) is 4.99. The molecule has 4 rings (SSSR count). The number of aromatic amines is 1. The van der Waals surface area contributed by atoms with E-state index in [1.165, 1.54) is 0 Å². The average Bonchev–Trinajstić information content (AvgIpc) is 3.14. The predicted molar refractivity (Wildman–Crippen MR) is 81.2 cm³/mol. The summed E-state index contributed by atoms with van der Waals surface area (Å²) < 4.78 is 97.4. The molecule has 4 aromatic rings. The van der Waals surface area contributed by atoms with Crippen LogP contribution in [-0.4, -0.2) is 4.98 Å². The Labute approximate surface area is 128 Å². The molecule has 0 atom stereocenters. The average molecular weight is 255 g/mol. The number of nitrogens with one attached hydrogen (secondary N) is 1. The highest BCUT2D eigenvalue weighted by Crippen LogP contribution is 2.34. The molecule has 0 saturated heterocycles. The van der Waals surface area contributed by atoms with Gasteiger partial charge in [-0.15, -0.1) is 0 Å². The van der Waals surface area contributed by atoms with Crippen LogP contribution >= 0.6 is 0 Å². The van der Waals surface area contributed by atoms with E-state index < -0.39 is 72.5 Å². The van der Waals surface area contributed by atoms with Crippen molar-refractivity contribution in [2.24, 2.45) is 0 Å². The van der Waals surface area contributed by atoms with Crippen LogP contribution < -0.4 is 0 Å². The van der Waals surface area contributed by atoms with Gasteiger partial charge in [0.1, 0.15) is 0 Å². The highest BCUT2D eigenvalue weighted by atomic mass is 14.7. The molecule has 1 heteroatoms. The Morgan fingerprint density at radius 2 is 1.42 bits per heavy atom. The van der Waals surface area contributed by atoms with Gasteiger partial charge in [-0.1, -0.05) is 60.4 Å². The van der Waals surface area contributed by atoms with Gasteiger partial charge in [-0.05, 0) is 23.2 Å². The summed E-state index contributed by atoms with van der Waals surface area (Å²) in [5, 5.41) is -0.142. The van der Waals surface area contributed by atoms with Crippen molar-refractivity contribution in [2.75, 3.05) is 0 Å². The van der Waals surface area contributed by atoms with Gasteiger partial charge in [-0.25, -0.2) is 0 Å². The van der Waals surface area contributed by atoms with Crippen molar-refractivity contribution in [3.8, 4) is 11.1 Å². The molecule has 0 fully saturated rings. The van der Waals surface area contributed by atoms with Crippen LogP contribution in [0.5, 0.6) is 0 Å². The highest BCUT2D eigenvalue weighted by Gasteiger charge is 2.08. The number of hydrogen-bond acceptors (Lipinski definition) is 0. The monoisotopic (exact) mass is 255 g/mol. The fourth-order valence-corrected chi connectivity index (χ4v) is 2.03. The van der Waals surface area contributed by atoms with E-state index in [0.29, 0.717) is 0 Å². The smallest absolute Gasteiger partial charge is 0.0645 e. The highest BCUT2D eigenvalue weighted by molar-refractivity contribution is 6.14. The van der Waals surface area contributed by atoms with Crippen LogP contribution in [0.3, 0.4) is 0 Å². The number of H-pyrrole nitrogens is 1. The molecule has 19 heavy (non-hydrogen) atoms. The summed E-state index contributed by atoms with van der Waals surface area (Å²) in [5.41, 5.74) is -0.773. The van der Waals surface area contributed by atoms with Crippen molar-refractivity contribution < 1.29 is 16.4 Å². The van der Waals surface area contributed by atoms with Gasteiger partial charge in [-0.3, -0.25) is 0 Å². The van der Waals surface area contributed by atoms with Gasteiger partial charge >= 0.3 is 0 Å². The molecule has 0 bridgehead atoms. The van der Waals surface area contributed by atoms with Crippen molar-refractivity contribution >= 4 is 21.8 Å². The Hall–Kier alpha value is -2.54. The molecular formula is C18H13N. The van der Waals surface area contributed by atoms with Gasteiger partial charge < -0.3 is 4.98 Å².